The molecule has 3 heterocycles. The molecule has 0 saturated carbocycles. The van der Waals surface area contributed by atoms with Crippen LogP contribution in [0.2, 0.25) is 0 Å². The Labute approximate surface area is 186 Å². The lowest BCUT2D eigenvalue weighted by atomic mass is 9.84. The molecule has 6 rings (SSSR count). The Hall–Kier alpha value is -3.09. The fraction of sp³-hybridized carbons (Fsp3) is 0.160. The molecule has 1 aliphatic heterocycles. The predicted molar refractivity (Wildman–Crippen MR) is 125 cm³/mol. The molecule has 0 bridgehead atoms. The van der Waals surface area contributed by atoms with Crippen LogP contribution in [0.3, 0.4) is 0 Å². The summed E-state index contributed by atoms with van der Waals surface area (Å²) in [6, 6.07) is 17.8. The van der Waals surface area contributed by atoms with Crippen LogP contribution in [0.4, 0.5) is 0 Å². The molecule has 0 radical (unpaired) electrons. The van der Waals surface area contributed by atoms with E-state index < -0.39 is 6.04 Å². The van der Waals surface area contributed by atoms with Crippen LogP contribution in [0.1, 0.15) is 35.7 Å². The number of carbonyl (C=O) groups is 1. The minimum atomic E-state index is -0.435. The number of aromatic nitrogens is 1. The Morgan fingerprint density at radius 3 is 2.74 bits per heavy atom. The molecule has 4 nitrogen and oxygen atoms in total. The highest BCUT2D eigenvalue weighted by molar-refractivity contribution is 7.11. The molecule has 0 fully saturated rings. The van der Waals surface area contributed by atoms with Crippen molar-refractivity contribution in [2.75, 3.05) is 0 Å². The van der Waals surface area contributed by atoms with Gasteiger partial charge in [-0.25, -0.2) is 4.99 Å². The number of hydrogen-bond acceptors (Lipinski definition) is 5. The van der Waals surface area contributed by atoms with Gasteiger partial charge >= 0.3 is 0 Å². The molecular formula is C25H18N2O2S2. The first kappa shape index (κ1) is 18.7. The van der Waals surface area contributed by atoms with Crippen LogP contribution in [0.5, 0.6) is 0 Å². The molecular weight excluding hydrogens is 424 g/mol. The van der Waals surface area contributed by atoms with Crippen LogP contribution in [0.15, 0.2) is 81.0 Å². The van der Waals surface area contributed by atoms with E-state index in [1.54, 1.807) is 15.9 Å². The zero-order chi connectivity index (χ0) is 20.9. The zero-order valence-corrected chi connectivity index (χ0v) is 18.2. The maximum atomic E-state index is 13.6. The van der Waals surface area contributed by atoms with Crippen molar-refractivity contribution in [3.8, 4) is 0 Å². The summed E-state index contributed by atoms with van der Waals surface area (Å²) in [4.78, 5) is 33.2. The van der Waals surface area contributed by atoms with E-state index in [-0.39, 0.29) is 11.3 Å². The lowest BCUT2D eigenvalue weighted by Crippen LogP contribution is -2.40. The Morgan fingerprint density at radius 1 is 1.00 bits per heavy atom. The predicted octanol–water partition coefficient (Wildman–Crippen LogP) is 4.18. The van der Waals surface area contributed by atoms with Crippen LogP contribution in [-0.2, 0) is 4.79 Å². The Balaban J connectivity index is 1.69. The second-order valence-corrected chi connectivity index (χ2v) is 9.79. The highest BCUT2D eigenvalue weighted by Gasteiger charge is 2.35. The van der Waals surface area contributed by atoms with E-state index in [2.05, 4.69) is 18.2 Å². The lowest BCUT2D eigenvalue weighted by molar-refractivity contribution is -0.116. The van der Waals surface area contributed by atoms with Crippen molar-refractivity contribution in [1.82, 2.24) is 4.57 Å². The summed E-state index contributed by atoms with van der Waals surface area (Å²) in [5.41, 5.74) is 2.44. The normalized spacial score (nSPS) is 18.8. The molecule has 0 amide bonds. The second-order valence-electron chi connectivity index (χ2n) is 7.80. The first-order valence-corrected chi connectivity index (χ1v) is 12.0. The quantitative estimate of drug-likeness (QED) is 0.468. The van der Waals surface area contributed by atoms with E-state index in [9.17, 15) is 9.59 Å². The monoisotopic (exact) mass is 442 g/mol. The number of ketones is 1. The Morgan fingerprint density at radius 2 is 1.87 bits per heavy atom. The van der Waals surface area contributed by atoms with Gasteiger partial charge in [0.15, 0.2) is 10.6 Å². The minimum absolute atomic E-state index is 0.0833. The van der Waals surface area contributed by atoms with Gasteiger partial charge in [0.25, 0.3) is 5.56 Å². The van der Waals surface area contributed by atoms with Crippen molar-refractivity contribution in [3.63, 3.8) is 0 Å². The van der Waals surface area contributed by atoms with Gasteiger partial charge in [-0.2, -0.15) is 0 Å². The minimum Gasteiger partial charge on any atom is -0.294 e. The summed E-state index contributed by atoms with van der Waals surface area (Å²) in [6.07, 6.45) is 4.03. The van der Waals surface area contributed by atoms with Gasteiger partial charge in [0.2, 0.25) is 0 Å². The third-order valence-electron chi connectivity index (χ3n) is 5.96. The van der Waals surface area contributed by atoms with Gasteiger partial charge in [-0.1, -0.05) is 59.9 Å². The van der Waals surface area contributed by atoms with E-state index in [1.165, 1.54) is 11.3 Å². The van der Waals surface area contributed by atoms with Crippen molar-refractivity contribution in [2.45, 2.75) is 25.3 Å². The van der Waals surface area contributed by atoms with E-state index >= 15 is 0 Å². The zero-order valence-electron chi connectivity index (χ0n) is 16.6. The molecule has 1 aliphatic carbocycles. The smallest absolute Gasteiger partial charge is 0.271 e. The van der Waals surface area contributed by atoms with Crippen LogP contribution in [0, 0.1) is 0 Å². The van der Waals surface area contributed by atoms with Crippen molar-refractivity contribution in [3.05, 3.63) is 101 Å². The summed E-state index contributed by atoms with van der Waals surface area (Å²) in [7, 11) is 0. The molecule has 152 valence electrons. The summed E-state index contributed by atoms with van der Waals surface area (Å²) in [5.74, 6) is 0.107. The number of thiazole rings is 1. The maximum absolute atomic E-state index is 13.6. The van der Waals surface area contributed by atoms with Crippen molar-refractivity contribution in [1.29, 1.82) is 0 Å². The van der Waals surface area contributed by atoms with Crippen LogP contribution >= 0.6 is 22.7 Å². The first-order chi connectivity index (χ1) is 15.2. The van der Waals surface area contributed by atoms with Gasteiger partial charge in [0.1, 0.15) is 0 Å². The summed E-state index contributed by atoms with van der Waals surface area (Å²) < 4.78 is 2.40. The number of Topliss-reactive ketones (excluding diaryl/α,β-unsaturated/α-hetero) is 1. The Bertz CT molecular complexity index is 1550. The molecule has 6 heteroatoms. The number of allylic oxidation sites excluding steroid dienone is 2. The largest absolute Gasteiger partial charge is 0.294 e. The second kappa shape index (κ2) is 7.25. The number of hydrogen-bond donors (Lipinski definition) is 0. The van der Waals surface area contributed by atoms with Crippen molar-refractivity contribution in [2.24, 2.45) is 4.99 Å². The average Bonchev–Trinajstić information content (AvgIpc) is 3.41. The molecule has 31 heavy (non-hydrogen) atoms. The molecule has 2 aliphatic rings. The molecule has 0 N–H and O–H groups in total. The van der Waals surface area contributed by atoms with Gasteiger partial charge in [0.05, 0.1) is 16.3 Å². The van der Waals surface area contributed by atoms with Crippen molar-refractivity contribution < 1.29 is 4.79 Å². The van der Waals surface area contributed by atoms with Gasteiger partial charge in [-0.15, -0.1) is 11.3 Å². The van der Waals surface area contributed by atoms with E-state index in [0.717, 1.165) is 39.8 Å². The standard InChI is InChI=1S/C25H18N2O2S2/c28-20-12-4-11-19-22(20)23(18-10-3-7-15-6-1-2-9-17(15)18)27-24(29)21(31-25(27)26-19)14-16-8-5-13-30-16/h1-3,5-10,13-14,23H,4,11-12H2. The van der Waals surface area contributed by atoms with Crippen LogP contribution < -0.4 is 14.9 Å². The van der Waals surface area contributed by atoms with E-state index in [1.807, 2.05) is 47.9 Å². The summed E-state index contributed by atoms with van der Waals surface area (Å²) in [6.45, 7) is 0. The van der Waals surface area contributed by atoms with Gasteiger partial charge in [-0.05, 0) is 46.7 Å². The fourth-order valence-corrected chi connectivity index (χ4v) is 6.34. The number of benzene rings is 2. The third kappa shape index (κ3) is 2.98. The van der Waals surface area contributed by atoms with Crippen molar-refractivity contribution >= 4 is 45.3 Å². The molecule has 1 atom stereocenters. The molecule has 0 saturated heterocycles. The molecule has 4 aromatic rings. The molecule has 0 spiro atoms. The molecule has 2 aromatic heterocycles. The summed E-state index contributed by atoms with van der Waals surface area (Å²) in [5, 5.41) is 4.16. The maximum Gasteiger partial charge on any atom is 0.271 e. The lowest BCUT2D eigenvalue weighted by Gasteiger charge is -2.29. The van der Waals surface area contributed by atoms with Gasteiger partial charge in [-0.3, -0.25) is 14.2 Å². The van der Waals surface area contributed by atoms with Gasteiger partial charge < -0.3 is 0 Å². The number of nitrogens with zero attached hydrogens (tertiary/aromatic N) is 2. The van der Waals surface area contributed by atoms with Gasteiger partial charge in [0, 0.05) is 16.9 Å². The third-order valence-corrected chi connectivity index (χ3v) is 7.76. The molecule has 1 unspecified atom stereocenters. The fourth-order valence-electron chi connectivity index (χ4n) is 4.60. The van der Waals surface area contributed by atoms with E-state index in [0.29, 0.717) is 21.3 Å². The van der Waals surface area contributed by atoms with E-state index in [4.69, 9.17) is 4.99 Å². The number of fused-ring (bicyclic) bond motifs is 2. The number of carbonyl (C=O) groups excluding carboxylic acids is 1. The topological polar surface area (TPSA) is 51.4 Å². The van der Waals surface area contributed by atoms with Crippen LogP contribution in [-0.4, -0.2) is 10.4 Å². The number of rotatable bonds is 2. The first-order valence-electron chi connectivity index (χ1n) is 10.3. The Kier molecular flexibility index (Phi) is 4.37. The summed E-state index contributed by atoms with van der Waals surface area (Å²) >= 11 is 3.01. The SMILES string of the molecule is O=C1CCCC2=C1C(c1cccc3ccccc13)n1c(sc(=Cc3cccs3)c1=O)=N2. The average molecular weight is 443 g/mol. The molecule has 2 aromatic carbocycles. The highest BCUT2D eigenvalue weighted by Crippen LogP contribution is 2.38. The van der Waals surface area contributed by atoms with Crippen LogP contribution in [0.25, 0.3) is 16.8 Å². The number of thiophene rings is 1. The highest BCUT2D eigenvalue weighted by atomic mass is 32.1.